The Bertz CT molecular complexity index is 892. The number of amides is 2. The summed E-state index contributed by atoms with van der Waals surface area (Å²) in [7, 11) is 1.67. The number of hydrogen-bond donors (Lipinski definition) is 1. The van der Waals surface area contributed by atoms with Crippen LogP contribution in [0.2, 0.25) is 0 Å². The summed E-state index contributed by atoms with van der Waals surface area (Å²) in [4.78, 5) is 27.1. The summed E-state index contributed by atoms with van der Waals surface area (Å²) in [6.07, 6.45) is 0.465. The number of benzene rings is 2. The van der Waals surface area contributed by atoms with E-state index in [2.05, 4.69) is 5.32 Å². The number of fused-ring (bicyclic) bond motifs is 1. The number of carbonyl (C=O) groups excluding carboxylic acids is 2. The molecule has 160 valence electrons. The highest BCUT2D eigenvalue weighted by atomic mass is 16.7. The number of nitrogens with zero attached hydrogens (tertiary/aromatic N) is 1. The van der Waals surface area contributed by atoms with Gasteiger partial charge in [0.05, 0.1) is 0 Å². The Morgan fingerprint density at radius 2 is 1.80 bits per heavy atom. The van der Waals surface area contributed by atoms with Crippen molar-refractivity contribution < 1.29 is 23.8 Å². The number of ether oxygens (including phenoxy) is 3. The molecule has 1 heterocycles. The molecule has 0 aromatic heterocycles. The van der Waals surface area contributed by atoms with Crippen molar-refractivity contribution in [2.24, 2.45) is 0 Å². The zero-order valence-corrected chi connectivity index (χ0v) is 17.8. The second kappa shape index (κ2) is 9.07. The topological polar surface area (TPSA) is 77.1 Å². The van der Waals surface area contributed by atoms with Gasteiger partial charge in [-0.05, 0) is 51.3 Å². The smallest absolute Gasteiger partial charge is 0.408 e. The minimum atomic E-state index is -0.740. The summed E-state index contributed by atoms with van der Waals surface area (Å²) >= 11 is 0. The molecule has 1 aliphatic rings. The lowest BCUT2D eigenvalue weighted by atomic mass is 10.0. The third-order valence-electron chi connectivity index (χ3n) is 4.63. The third-order valence-corrected chi connectivity index (χ3v) is 4.63. The third kappa shape index (κ3) is 5.65. The summed E-state index contributed by atoms with van der Waals surface area (Å²) < 4.78 is 16.1. The van der Waals surface area contributed by atoms with Crippen LogP contribution >= 0.6 is 0 Å². The molecule has 2 aromatic rings. The summed E-state index contributed by atoms with van der Waals surface area (Å²) in [5.41, 5.74) is 1.09. The van der Waals surface area contributed by atoms with Gasteiger partial charge in [0.1, 0.15) is 11.6 Å². The molecule has 0 aliphatic carbocycles. The molecule has 2 aromatic carbocycles. The van der Waals surface area contributed by atoms with Crippen LogP contribution in [0.5, 0.6) is 11.5 Å². The summed E-state index contributed by atoms with van der Waals surface area (Å²) in [6.45, 7) is 5.51. The van der Waals surface area contributed by atoms with Gasteiger partial charge < -0.3 is 24.4 Å². The van der Waals surface area contributed by atoms with Crippen molar-refractivity contribution >= 4 is 17.7 Å². The molecule has 1 unspecified atom stereocenters. The lowest BCUT2D eigenvalue weighted by Crippen LogP contribution is -2.49. The fourth-order valence-corrected chi connectivity index (χ4v) is 3.12. The quantitative estimate of drug-likeness (QED) is 0.779. The van der Waals surface area contributed by atoms with Crippen molar-refractivity contribution in [2.75, 3.05) is 18.7 Å². The minimum absolute atomic E-state index is 0.163. The van der Waals surface area contributed by atoms with Crippen molar-refractivity contribution in [1.82, 2.24) is 5.32 Å². The molecule has 0 saturated heterocycles. The van der Waals surface area contributed by atoms with E-state index in [1.165, 1.54) is 4.90 Å². The molecule has 0 saturated carbocycles. The Labute approximate surface area is 176 Å². The fourth-order valence-electron chi connectivity index (χ4n) is 3.12. The number of aryl methyl sites for hydroxylation is 1. The molecule has 7 heteroatoms. The number of anilines is 1. The number of likely N-dealkylation sites (N-methyl/N-ethyl adjacent to an activating group) is 1. The van der Waals surface area contributed by atoms with Gasteiger partial charge in [0.2, 0.25) is 12.7 Å². The summed E-state index contributed by atoms with van der Waals surface area (Å²) in [5.74, 6) is 0.996. The van der Waals surface area contributed by atoms with Gasteiger partial charge in [-0.15, -0.1) is 0 Å². The van der Waals surface area contributed by atoms with Gasteiger partial charge >= 0.3 is 6.09 Å². The number of hydrogen-bond acceptors (Lipinski definition) is 5. The van der Waals surface area contributed by atoms with E-state index in [-0.39, 0.29) is 12.7 Å². The van der Waals surface area contributed by atoms with Gasteiger partial charge in [-0.1, -0.05) is 30.3 Å². The van der Waals surface area contributed by atoms with Crippen LogP contribution in [-0.4, -0.2) is 37.5 Å². The van der Waals surface area contributed by atoms with Crippen molar-refractivity contribution in [3.05, 3.63) is 54.1 Å². The van der Waals surface area contributed by atoms with E-state index in [9.17, 15) is 9.59 Å². The average molecular weight is 412 g/mol. The van der Waals surface area contributed by atoms with Crippen molar-refractivity contribution in [2.45, 2.75) is 45.3 Å². The van der Waals surface area contributed by atoms with E-state index in [0.29, 0.717) is 30.0 Å². The molecule has 0 radical (unpaired) electrons. The largest absolute Gasteiger partial charge is 0.454 e. The maximum atomic E-state index is 13.2. The molecule has 0 spiro atoms. The normalized spacial score (nSPS) is 13.5. The molecule has 7 nitrogen and oxygen atoms in total. The SMILES string of the molecule is CN(C(=O)C(CCc1ccccc1)NC(=O)OC(C)(C)C)c1ccc2c(c1)OCO2. The van der Waals surface area contributed by atoms with Crippen LogP contribution in [-0.2, 0) is 16.0 Å². The lowest BCUT2D eigenvalue weighted by molar-refractivity contribution is -0.120. The van der Waals surface area contributed by atoms with Crippen LogP contribution in [0.4, 0.5) is 10.5 Å². The summed E-state index contributed by atoms with van der Waals surface area (Å²) in [6, 6.07) is 14.4. The molecule has 0 bridgehead atoms. The Hall–Kier alpha value is -3.22. The van der Waals surface area contributed by atoms with E-state index in [1.807, 2.05) is 30.3 Å². The van der Waals surface area contributed by atoms with E-state index in [0.717, 1.165) is 5.56 Å². The predicted molar refractivity (Wildman–Crippen MR) is 114 cm³/mol. The Balaban J connectivity index is 1.74. The first kappa shape index (κ1) is 21.5. The first-order valence-corrected chi connectivity index (χ1v) is 9.93. The van der Waals surface area contributed by atoms with Crippen LogP contribution in [0.15, 0.2) is 48.5 Å². The zero-order chi connectivity index (χ0) is 21.7. The molecular weight excluding hydrogens is 384 g/mol. The summed E-state index contributed by atoms with van der Waals surface area (Å²) in [5, 5.41) is 2.74. The van der Waals surface area contributed by atoms with E-state index in [1.54, 1.807) is 46.0 Å². The van der Waals surface area contributed by atoms with Crippen molar-refractivity contribution in [3.8, 4) is 11.5 Å². The first-order valence-electron chi connectivity index (χ1n) is 9.93. The van der Waals surface area contributed by atoms with E-state index in [4.69, 9.17) is 14.2 Å². The van der Waals surface area contributed by atoms with Gasteiger partial charge in [0, 0.05) is 18.8 Å². The standard InChI is InChI=1S/C23H28N2O5/c1-23(2,3)30-22(27)24-18(12-10-16-8-6-5-7-9-16)21(26)25(4)17-11-13-19-20(14-17)29-15-28-19/h5-9,11,13-14,18H,10,12,15H2,1-4H3,(H,24,27). The van der Waals surface area contributed by atoms with Crippen LogP contribution in [0.3, 0.4) is 0 Å². The van der Waals surface area contributed by atoms with Crippen molar-refractivity contribution in [3.63, 3.8) is 0 Å². The second-order valence-electron chi connectivity index (χ2n) is 8.16. The number of alkyl carbamates (subject to hydrolysis) is 1. The Kier molecular flexibility index (Phi) is 6.50. The fraction of sp³-hybridized carbons (Fsp3) is 0.391. The Morgan fingerprint density at radius 1 is 1.10 bits per heavy atom. The van der Waals surface area contributed by atoms with Gasteiger partial charge in [-0.25, -0.2) is 4.79 Å². The Morgan fingerprint density at radius 3 is 2.50 bits per heavy atom. The first-order chi connectivity index (χ1) is 14.2. The highest BCUT2D eigenvalue weighted by Gasteiger charge is 2.28. The molecule has 1 N–H and O–H groups in total. The van der Waals surface area contributed by atoms with Gasteiger partial charge in [0.25, 0.3) is 0 Å². The molecule has 1 aliphatic heterocycles. The molecule has 0 fully saturated rings. The lowest BCUT2D eigenvalue weighted by Gasteiger charge is -2.26. The molecule has 3 rings (SSSR count). The van der Waals surface area contributed by atoms with Gasteiger partial charge in [0.15, 0.2) is 11.5 Å². The average Bonchev–Trinajstić information content (AvgIpc) is 3.17. The maximum absolute atomic E-state index is 13.2. The minimum Gasteiger partial charge on any atom is -0.454 e. The molecule has 1 atom stereocenters. The monoisotopic (exact) mass is 412 g/mol. The molecule has 2 amide bonds. The molecule has 30 heavy (non-hydrogen) atoms. The number of carbonyl (C=O) groups is 2. The number of nitrogens with one attached hydrogen (secondary N) is 1. The van der Waals surface area contributed by atoms with Crippen LogP contribution in [0.25, 0.3) is 0 Å². The van der Waals surface area contributed by atoms with Crippen molar-refractivity contribution in [1.29, 1.82) is 0 Å². The molecular formula is C23H28N2O5. The maximum Gasteiger partial charge on any atom is 0.408 e. The predicted octanol–water partition coefficient (Wildman–Crippen LogP) is 3.90. The van der Waals surface area contributed by atoms with Crippen LogP contribution in [0.1, 0.15) is 32.8 Å². The van der Waals surface area contributed by atoms with E-state index < -0.39 is 17.7 Å². The zero-order valence-electron chi connectivity index (χ0n) is 17.8. The number of rotatable bonds is 6. The highest BCUT2D eigenvalue weighted by molar-refractivity contribution is 5.98. The second-order valence-corrected chi connectivity index (χ2v) is 8.16. The van der Waals surface area contributed by atoms with E-state index >= 15 is 0 Å². The van der Waals surface area contributed by atoms with Crippen LogP contribution in [0, 0.1) is 0 Å². The van der Waals surface area contributed by atoms with Gasteiger partial charge in [-0.3, -0.25) is 4.79 Å². The highest BCUT2D eigenvalue weighted by Crippen LogP contribution is 2.35. The van der Waals surface area contributed by atoms with Gasteiger partial charge in [-0.2, -0.15) is 0 Å². The van der Waals surface area contributed by atoms with Crippen LogP contribution < -0.4 is 19.7 Å².